The van der Waals surface area contributed by atoms with E-state index in [1.807, 2.05) is 0 Å². The van der Waals surface area contributed by atoms with Gasteiger partial charge in [-0.25, -0.2) is 24.6 Å². The normalized spacial score (nSPS) is 14.4. The summed E-state index contributed by atoms with van der Waals surface area (Å²) < 4.78 is 41.7. The van der Waals surface area contributed by atoms with E-state index in [9.17, 15) is 38.0 Å². The molecule has 212 valence electrons. The van der Waals surface area contributed by atoms with Crippen molar-refractivity contribution in [3.63, 3.8) is 0 Å². The predicted molar refractivity (Wildman–Crippen MR) is 140 cm³/mol. The molecule has 2 N–H and O–H groups in total. The minimum atomic E-state index is -4.92. The van der Waals surface area contributed by atoms with Gasteiger partial charge in [-0.2, -0.15) is 13.2 Å². The lowest BCUT2D eigenvalue weighted by atomic mass is 9.86. The van der Waals surface area contributed by atoms with E-state index in [0.717, 1.165) is 23.6 Å². The minimum absolute atomic E-state index is 0.0728. The van der Waals surface area contributed by atoms with Crippen LogP contribution in [0, 0.1) is 10.1 Å². The number of hydrogen-bond acceptors (Lipinski definition) is 9. The van der Waals surface area contributed by atoms with Crippen molar-refractivity contribution in [3.05, 3.63) is 52.0 Å². The zero-order valence-electron chi connectivity index (χ0n) is 21.5. The van der Waals surface area contributed by atoms with Gasteiger partial charge < -0.3 is 15.3 Å². The highest BCUT2D eigenvalue weighted by Gasteiger charge is 2.40. The maximum Gasteiger partial charge on any atom is 0.433 e. The fourth-order valence-corrected chi connectivity index (χ4v) is 4.97. The van der Waals surface area contributed by atoms with Gasteiger partial charge in [-0.3, -0.25) is 14.9 Å². The second-order valence-corrected chi connectivity index (χ2v) is 10.9. The van der Waals surface area contributed by atoms with Crippen LogP contribution in [0.4, 0.5) is 40.4 Å². The number of rotatable bonds is 5. The van der Waals surface area contributed by atoms with Crippen molar-refractivity contribution in [1.29, 1.82) is 0 Å². The van der Waals surface area contributed by atoms with Gasteiger partial charge in [-0.05, 0) is 17.9 Å². The van der Waals surface area contributed by atoms with Gasteiger partial charge >= 0.3 is 12.3 Å². The third-order valence-electron chi connectivity index (χ3n) is 5.93. The highest BCUT2D eigenvalue weighted by atomic mass is 32.1. The molecule has 3 heterocycles. The Labute approximate surface area is 229 Å². The first-order valence-electron chi connectivity index (χ1n) is 11.9. The first-order chi connectivity index (χ1) is 18.6. The number of thiazole rings is 1. The molecule has 2 amide bonds. The fraction of sp³-hybridized carbons (Fsp3) is 0.375. The summed E-state index contributed by atoms with van der Waals surface area (Å²) in [4.78, 5) is 49.5. The second-order valence-electron chi connectivity index (χ2n) is 9.93. The molecule has 1 aromatic carbocycles. The molecule has 40 heavy (non-hydrogen) atoms. The van der Waals surface area contributed by atoms with Crippen LogP contribution in [0.1, 0.15) is 38.4 Å². The fourth-order valence-electron chi connectivity index (χ4n) is 4.04. The van der Waals surface area contributed by atoms with Gasteiger partial charge in [0.2, 0.25) is 11.9 Å². The molecule has 0 atom stereocenters. The molecule has 0 spiro atoms. The predicted octanol–water partition coefficient (Wildman–Crippen LogP) is 4.97. The lowest BCUT2D eigenvalue weighted by molar-refractivity contribution is -0.384. The number of benzene rings is 1. The quantitative estimate of drug-likeness (QED) is 0.315. The smallest absolute Gasteiger partial charge is 0.433 e. The number of non-ortho nitro benzene ring substituents is 1. The highest BCUT2D eigenvalue weighted by molar-refractivity contribution is 7.18. The van der Waals surface area contributed by atoms with Crippen molar-refractivity contribution >= 4 is 45.8 Å². The largest absolute Gasteiger partial charge is 0.464 e. The Morgan fingerprint density at radius 3 is 2.55 bits per heavy atom. The van der Waals surface area contributed by atoms with Crippen LogP contribution in [0.5, 0.6) is 0 Å². The van der Waals surface area contributed by atoms with E-state index in [4.69, 9.17) is 0 Å². The third kappa shape index (κ3) is 6.11. The zero-order chi connectivity index (χ0) is 29.4. The Hall–Kier alpha value is -4.34. The molecule has 0 aliphatic carbocycles. The molecule has 1 aliphatic rings. The number of carbonyl (C=O) groups is 2. The van der Waals surface area contributed by atoms with Crippen LogP contribution in [0.2, 0.25) is 0 Å². The Morgan fingerprint density at radius 1 is 1.20 bits per heavy atom. The van der Waals surface area contributed by atoms with Crippen LogP contribution in [-0.2, 0) is 16.4 Å². The minimum Gasteiger partial charge on any atom is -0.464 e. The Bertz CT molecular complexity index is 1470. The topological polar surface area (TPSA) is 155 Å². The van der Waals surface area contributed by atoms with Crippen LogP contribution in [0.15, 0.2) is 30.6 Å². The zero-order valence-corrected chi connectivity index (χ0v) is 22.3. The number of carbonyl (C=O) groups excluding carboxylic acids is 1. The van der Waals surface area contributed by atoms with Crippen molar-refractivity contribution in [3.8, 4) is 10.4 Å². The summed E-state index contributed by atoms with van der Waals surface area (Å²) in [6, 6.07) is 3.37. The van der Waals surface area contributed by atoms with Gasteiger partial charge in [0.1, 0.15) is 0 Å². The summed E-state index contributed by atoms with van der Waals surface area (Å²) in [7, 11) is 0. The molecule has 1 aliphatic heterocycles. The van der Waals surface area contributed by atoms with Crippen molar-refractivity contribution < 1.29 is 32.8 Å². The van der Waals surface area contributed by atoms with E-state index in [0.29, 0.717) is 34.4 Å². The van der Waals surface area contributed by atoms with Gasteiger partial charge in [0, 0.05) is 48.7 Å². The monoisotopic (exact) mass is 579 g/mol. The van der Waals surface area contributed by atoms with Crippen LogP contribution in [-0.4, -0.2) is 56.6 Å². The summed E-state index contributed by atoms with van der Waals surface area (Å²) in [6.45, 7) is 5.73. The molecule has 3 aromatic rings. The number of nitro benzene ring substituents is 1. The van der Waals surface area contributed by atoms with Crippen LogP contribution >= 0.6 is 11.3 Å². The number of halogens is 3. The molecule has 0 unspecified atom stereocenters. The summed E-state index contributed by atoms with van der Waals surface area (Å²) in [5.74, 6) is -1.00. The van der Waals surface area contributed by atoms with Crippen LogP contribution in [0.3, 0.4) is 0 Å². The molecule has 0 bridgehead atoms. The van der Waals surface area contributed by atoms with Gasteiger partial charge in [0.25, 0.3) is 5.69 Å². The number of amides is 2. The standard InChI is InChI=1S/C24H24F3N7O5S/c1-23(2,3)16-10-29-20(31-19(16)24(25,26)27)33(22(36)37)14-7-13(8-15(9-14)34(38)39)17-11-30-21(40-17)32-6-4-5-28-18(35)12-32/h7-11H,4-6,12H2,1-3H3,(H,28,35)(H,36,37). The maximum absolute atomic E-state index is 13.9. The summed E-state index contributed by atoms with van der Waals surface area (Å²) in [5.41, 5.74) is -3.21. The van der Waals surface area contributed by atoms with Crippen molar-refractivity contribution in [2.45, 2.75) is 38.8 Å². The molecule has 2 aromatic heterocycles. The van der Waals surface area contributed by atoms with Gasteiger partial charge in [0.15, 0.2) is 10.8 Å². The number of alkyl halides is 3. The molecular weight excluding hydrogens is 555 g/mol. The number of nitro groups is 1. The molecule has 16 heteroatoms. The second kappa shape index (κ2) is 10.7. The first-order valence-corrected chi connectivity index (χ1v) is 12.7. The van der Waals surface area contributed by atoms with E-state index < -0.39 is 39.9 Å². The number of carboxylic acid groups (broad SMARTS) is 1. The summed E-state index contributed by atoms with van der Waals surface area (Å²) >= 11 is 1.13. The Kier molecular flexibility index (Phi) is 7.65. The average Bonchev–Trinajstić information content (AvgIpc) is 3.25. The highest BCUT2D eigenvalue weighted by Crippen LogP contribution is 2.40. The SMILES string of the molecule is CC(C)(C)c1cnc(N(C(=O)O)c2cc(-c3cnc(N4CCCNC(=O)C4)s3)cc([N+](=O)[O-])c2)nc1C(F)(F)F. The number of anilines is 3. The van der Waals surface area contributed by atoms with E-state index in [1.54, 1.807) is 4.90 Å². The van der Waals surface area contributed by atoms with Crippen molar-refractivity contribution in [2.75, 3.05) is 29.4 Å². The Morgan fingerprint density at radius 2 is 1.93 bits per heavy atom. The first kappa shape index (κ1) is 28.7. The van der Waals surface area contributed by atoms with E-state index in [2.05, 4.69) is 20.3 Å². The molecule has 12 nitrogen and oxygen atoms in total. The van der Waals surface area contributed by atoms with E-state index >= 15 is 0 Å². The molecule has 0 radical (unpaired) electrons. The Balaban J connectivity index is 1.81. The number of nitrogens with one attached hydrogen (secondary N) is 1. The van der Waals surface area contributed by atoms with Crippen molar-refractivity contribution in [2.24, 2.45) is 0 Å². The molecule has 0 saturated carbocycles. The van der Waals surface area contributed by atoms with Crippen LogP contribution < -0.4 is 15.1 Å². The molecular formula is C24H24F3N7O5S. The van der Waals surface area contributed by atoms with E-state index in [-0.39, 0.29) is 29.3 Å². The van der Waals surface area contributed by atoms with Gasteiger partial charge in [0.05, 0.1) is 22.0 Å². The van der Waals surface area contributed by atoms with E-state index in [1.165, 1.54) is 39.1 Å². The number of nitrogens with zero attached hydrogens (tertiary/aromatic N) is 6. The maximum atomic E-state index is 13.9. The lowest BCUT2D eigenvalue weighted by Crippen LogP contribution is -2.32. The van der Waals surface area contributed by atoms with Gasteiger partial charge in [-0.1, -0.05) is 32.1 Å². The average molecular weight is 580 g/mol. The summed E-state index contributed by atoms with van der Waals surface area (Å²) in [6.07, 6.45) is -3.65. The third-order valence-corrected chi connectivity index (χ3v) is 7.03. The molecule has 1 fully saturated rings. The van der Waals surface area contributed by atoms with Crippen molar-refractivity contribution in [1.82, 2.24) is 20.3 Å². The number of hydrogen-bond donors (Lipinski definition) is 2. The van der Waals surface area contributed by atoms with Gasteiger partial charge in [-0.15, -0.1) is 0 Å². The summed E-state index contributed by atoms with van der Waals surface area (Å²) in [5, 5.41) is 24.9. The molecule has 1 saturated heterocycles. The lowest BCUT2D eigenvalue weighted by Gasteiger charge is -2.25. The molecule has 4 rings (SSSR count). The van der Waals surface area contributed by atoms with Crippen LogP contribution in [0.25, 0.3) is 10.4 Å². The number of aromatic nitrogens is 3.